The van der Waals surface area contributed by atoms with Crippen molar-refractivity contribution < 1.29 is 28.6 Å². The van der Waals surface area contributed by atoms with Gasteiger partial charge in [0.15, 0.2) is 0 Å². The molecule has 1 rings (SSSR count). The van der Waals surface area contributed by atoms with Crippen molar-refractivity contribution in [3.05, 3.63) is 11.3 Å². The van der Waals surface area contributed by atoms with Crippen molar-refractivity contribution in [3.63, 3.8) is 0 Å². The van der Waals surface area contributed by atoms with Crippen LogP contribution in [0.1, 0.15) is 54.4 Å². The van der Waals surface area contributed by atoms with Gasteiger partial charge < -0.3 is 14.2 Å². The van der Waals surface area contributed by atoms with Crippen LogP contribution < -0.4 is 0 Å². The number of rotatable bonds is 5. The molecular formula is C17H26O6. The van der Waals surface area contributed by atoms with Gasteiger partial charge >= 0.3 is 17.9 Å². The lowest BCUT2D eigenvalue weighted by molar-refractivity contribution is -0.164. The van der Waals surface area contributed by atoms with Gasteiger partial charge in [-0.2, -0.15) is 0 Å². The van der Waals surface area contributed by atoms with Gasteiger partial charge in [0.2, 0.25) is 0 Å². The fraction of sp³-hybridized carbons (Fsp3) is 0.706. The summed E-state index contributed by atoms with van der Waals surface area (Å²) in [6.45, 7) is 10.4. The van der Waals surface area contributed by atoms with Crippen molar-refractivity contribution in [2.24, 2.45) is 11.8 Å². The van der Waals surface area contributed by atoms with Crippen LogP contribution in [0.2, 0.25) is 0 Å². The van der Waals surface area contributed by atoms with Gasteiger partial charge in [0.25, 0.3) is 0 Å². The average Bonchev–Trinajstić information content (AvgIpc) is 2.39. The second-order valence-electron chi connectivity index (χ2n) is 6.52. The van der Waals surface area contributed by atoms with E-state index in [4.69, 9.17) is 14.2 Å². The van der Waals surface area contributed by atoms with E-state index in [0.717, 1.165) is 0 Å². The number of cyclic esters (lactones) is 1. The molecule has 0 aromatic rings. The molecule has 0 aromatic carbocycles. The minimum atomic E-state index is -0.981. The number of carbonyl (C=O) groups excluding carboxylic acids is 3. The van der Waals surface area contributed by atoms with Crippen molar-refractivity contribution >= 4 is 17.9 Å². The summed E-state index contributed by atoms with van der Waals surface area (Å²) >= 11 is 0. The van der Waals surface area contributed by atoms with Crippen LogP contribution in [-0.4, -0.2) is 30.1 Å². The molecule has 6 nitrogen and oxygen atoms in total. The van der Waals surface area contributed by atoms with Gasteiger partial charge in [-0.1, -0.05) is 13.3 Å². The number of hydrogen-bond donors (Lipinski definition) is 0. The smallest absolute Gasteiger partial charge is 0.338 e. The topological polar surface area (TPSA) is 78.9 Å². The van der Waals surface area contributed by atoms with Crippen LogP contribution in [-0.2, 0) is 28.6 Å². The highest BCUT2D eigenvalue weighted by Gasteiger charge is 2.46. The fourth-order valence-corrected chi connectivity index (χ4v) is 2.55. The van der Waals surface area contributed by atoms with Crippen molar-refractivity contribution in [2.75, 3.05) is 6.61 Å². The maximum atomic E-state index is 12.5. The first-order chi connectivity index (χ1) is 10.6. The molecule has 0 saturated carbocycles. The Balaban J connectivity index is 3.28. The molecule has 0 saturated heterocycles. The van der Waals surface area contributed by atoms with Crippen molar-refractivity contribution in [3.8, 4) is 0 Å². The fourth-order valence-electron chi connectivity index (χ4n) is 2.55. The van der Waals surface area contributed by atoms with Crippen LogP contribution in [0, 0.1) is 11.8 Å². The number of ether oxygens (including phenoxy) is 3. The van der Waals surface area contributed by atoms with E-state index in [2.05, 4.69) is 0 Å². The Labute approximate surface area is 137 Å². The van der Waals surface area contributed by atoms with Crippen molar-refractivity contribution in [1.82, 2.24) is 0 Å². The van der Waals surface area contributed by atoms with Gasteiger partial charge in [-0.05, 0) is 41.0 Å². The monoisotopic (exact) mass is 326 g/mol. The molecule has 0 amide bonds. The number of esters is 3. The maximum Gasteiger partial charge on any atom is 0.338 e. The molecule has 130 valence electrons. The predicted octanol–water partition coefficient (Wildman–Crippen LogP) is 2.75. The first kappa shape index (κ1) is 19.2. The van der Waals surface area contributed by atoms with Gasteiger partial charge in [-0.15, -0.1) is 0 Å². The maximum absolute atomic E-state index is 12.5. The van der Waals surface area contributed by atoms with Crippen LogP contribution in [0.25, 0.3) is 0 Å². The third-order valence-corrected chi connectivity index (χ3v) is 3.41. The van der Waals surface area contributed by atoms with Gasteiger partial charge in [0.1, 0.15) is 17.3 Å². The quantitative estimate of drug-likeness (QED) is 0.571. The normalized spacial score (nSPS) is 21.7. The average molecular weight is 326 g/mol. The van der Waals surface area contributed by atoms with Crippen molar-refractivity contribution in [2.45, 2.75) is 60.0 Å². The number of carbonyl (C=O) groups is 3. The van der Waals surface area contributed by atoms with Gasteiger partial charge in [0, 0.05) is 0 Å². The number of hydrogen-bond acceptors (Lipinski definition) is 6. The SMILES string of the molecule is CCC[C@H]1C(=O)OC(C)=C(C(=O)OC(C)(C)C)[C@@H]1C(=O)OCC. The molecule has 2 atom stereocenters. The highest BCUT2D eigenvalue weighted by Crippen LogP contribution is 2.36. The standard InChI is InChI=1S/C17H26O6/c1-7-9-11-13(15(19)21-8-2)12(10(3)22-14(11)18)16(20)23-17(4,5)6/h11,13H,7-9H2,1-6H3/t11-,13-/m1/s1. The lowest BCUT2D eigenvalue weighted by atomic mass is 9.80. The van der Waals surface area contributed by atoms with E-state index in [-0.39, 0.29) is 17.9 Å². The minimum absolute atomic E-state index is 0.0800. The van der Waals surface area contributed by atoms with E-state index in [1.165, 1.54) is 6.92 Å². The van der Waals surface area contributed by atoms with Gasteiger partial charge in [0.05, 0.1) is 18.1 Å². The molecule has 0 N–H and O–H groups in total. The second-order valence-corrected chi connectivity index (χ2v) is 6.52. The summed E-state index contributed by atoms with van der Waals surface area (Å²) in [7, 11) is 0. The van der Waals surface area contributed by atoms with E-state index >= 15 is 0 Å². The zero-order chi connectivity index (χ0) is 17.8. The third kappa shape index (κ3) is 4.81. The first-order valence-corrected chi connectivity index (χ1v) is 7.94. The molecular weight excluding hydrogens is 300 g/mol. The summed E-state index contributed by atoms with van der Waals surface area (Å²) in [6.07, 6.45) is 1.11. The minimum Gasteiger partial charge on any atom is -0.465 e. The Morgan fingerprint density at radius 1 is 1.22 bits per heavy atom. The van der Waals surface area contributed by atoms with Crippen molar-refractivity contribution in [1.29, 1.82) is 0 Å². The van der Waals surface area contributed by atoms with Gasteiger partial charge in [-0.3, -0.25) is 9.59 Å². The summed E-state index contributed by atoms with van der Waals surface area (Å²) in [5.74, 6) is -3.36. The zero-order valence-corrected chi connectivity index (χ0v) is 14.7. The van der Waals surface area contributed by atoms with Crippen LogP contribution in [0.4, 0.5) is 0 Å². The molecule has 1 aliphatic rings. The summed E-state index contributed by atoms with van der Waals surface area (Å²) in [5.41, 5.74) is -0.637. The van der Waals surface area contributed by atoms with E-state index in [1.807, 2.05) is 6.92 Å². The van der Waals surface area contributed by atoms with E-state index in [1.54, 1.807) is 27.7 Å². The first-order valence-electron chi connectivity index (χ1n) is 7.94. The highest BCUT2D eigenvalue weighted by molar-refractivity contribution is 6.00. The van der Waals surface area contributed by atoms with Gasteiger partial charge in [-0.25, -0.2) is 4.79 Å². The molecule has 0 bridgehead atoms. The summed E-state index contributed by atoms with van der Waals surface area (Å²) in [6, 6.07) is 0. The Morgan fingerprint density at radius 3 is 2.30 bits per heavy atom. The second kappa shape index (κ2) is 7.62. The Hall–Kier alpha value is -1.85. The predicted molar refractivity (Wildman–Crippen MR) is 83.2 cm³/mol. The van der Waals surface area contributed by atoms with Crippen LogP contribution in [0.3, 0.4) is 0 Å². The highest BCUT2D eigenvalue weighted by atomic mass is 16.6. The summed E-state index contributed by atoms with van der Waals surface area (Å²) < 4.78 is 15.6. The molecule has 1 aliphatic heterocycles. The van der Waals surface area contributed by atoms with Crippen LogP contribution in [0.15, 0.2) is 11.3 Å². The van der Waals surface area contributed by atoms with Crippen LogP contribution >= 0.6 is 0 Å². The zero-order valence-electron chi connectivity index (χ0n) is 14.7. The molecule has 0 radical (unpaired) electrons. The Bertz CT molecular complexity index is 512. The van der Waals surface area contributed by atoms with Crippen LogP contribution in [0.5, 0.6) is 0 Å². The number of allylic oxidation sites excluding steroid dienone is 1. The Morgan fingerprint density at radius 2 is 1.83 bits per heavy atom. The molecule has 1 heterocycles. The molecule has 0 fully saturated rings. The summed E-state index contributed by atoms with van der Waals surface area (Å²) in [4.78, 5) is 37.1. The molecule has 0 spiro atoms. The molecule has 6 heteroatoms. The largest absolute Gasteiger partial charge is 0.465 e. The van der Waals surface area contributed by atoms with E-state index < -0.39 is 35.3 Å². The summed E-state index contributed by atoms with van der Waals surface area (Å²) in [5, 5.41) is 0. The molecule has 23 heavy (non-hydrogen) atoms. The third-order valence-electron chi connectivity index (χ3n) is 3.41. The lowest BCUT2D eigenvalue weighted by Crippen LogP contribution is -2.41. The lowest BCUT2D eigenvalue weighted by Gasteiger charge is -2.32. The molecule has 0 aromatic heterocycles. The van der Waals surface area contributed by atoms with E-state index in [9.17, 15) is 14.4 Å². The molecule has 0 unspecified atom stereocenters. The molecule has 0 aliphatic carbocycles. The van der Waals surface area contributed by atoms with E-state index in [0.29, 0.717) is 12.8 Å². The Kier molecular flexibility index (Phi) is 6.36.